The van der Waals surface area contributed by atoms with Gasteiger partial charge in [0.2, 0.25) is 15.9 Å². The van der Waals surface area contributed by atoms with Crippen LogP contribution < -0.4 is 9.46 Å². The summed E-state index contributed by atoms with van der Waals surface area (Å²) in [4.78, 5) is 8.68. The Balaban J connectivity index is 1.75. The fourth-order valence-electron chi connectivity index (χ4n) is 3.25. The molecule has 2 aromatic carbocycles. The highest BCUT2D eigenvalue weighted by molar-refractivity contribution is 7.89. The lowest BCUT2D eigenvalue weighted by atomic mass is 10.1. The van der Waals surface area contributed by atoms with Crippen molar-refractivity contribution in [3.05, 3.63) is 59.4 Å². The molecule has 0 radical (unpaired) electrons. The number of ether oxygens (including phenoxy) is 1. The van der Waals surface area contributed by atoms with Crippen LogP contribution >= 0.6 is 0 Å². The van der Waals surface area contributed by atoms with Gasteiger partial charge in [0, 0.05) is 0 Å². The van der Waals surface area contributed by atoms with Gasteiger partial charge in [-0.3, -0.25) is 0 Å². The summed E-state index contributed by atoms with van der Waals surface area (Å²) in [5, 5.41) is 0.792. The van der Waals surface area contributed by atoms with Gasteiger partial charge in [-0.1, -0.05) is 29.8 Å². The van der Waals surface area contributed by atoms with Crippen molar-refractivity contribution in [2.45, 2.75) is 38.6 Å². The van der Waals surface area contributed by atoms with E-state index in [1.165, 1.54) is 6.33 Å². The zero-order valence-corrected chi connectivity index (χ0v) is 16.7. The van der Waals surface area contributed by atoms with Crippen LogP contribution in [0.25, 0.3) is 10.9 Å². The Morgan fingerprint density at radius 2 is 1.74 bits per heavy atom. The van der Waals surface area contributed by atoms with Crippen LogP contribution in [0.5, 0.6) is 5.88 Å². The summed E-state index contributed by atoms with van der Waals surface area (Å²) in [7, 11) is -3.65. The molecule has 0 fully saturated rings. The molecule has 0 saturated carbocycles. The molecule has 0 aliphatic rings. The zero-order chi connectivity index (χ0) is 19.6. The molecular formula is C20H23N3O3S. The van der Waals surface area contributed by atoms with Crippen molar-refractivity contribution in [3.63, 3.8) is 0 Å². The summed E-state index contributed by atoms with van der Waals surface area (Å²) in [6.07, 6.45) is 1.44. The number of nitrogens with zero attached hydrogens (tertiary/aromatic N) is 2. The first-order valence-corrected chi connectivity index (χ1v) is 10.2. The third kappa shape index (κ3) is 4.26. The van der Waals surface area contributed by atoms with Crippen molar-refractivity contribution in [1.29, 1.82) is 0 Å². The van der Waals surface area contributed by atoms with Crippen molar-refractivity contribution in [2.75, 3.05) is 6.61 Å². The molecule has 3 rings (SSSR count). The van der Waals surface area contributed by atoms with Gasteiger partial charge in [0.1, 0.15) is 12.9 Å². The van der Waals surface area contributed by atoms with Gasteiger partial charge in [-0.15, -0.1) is 0 Å². The molecule has 1 aromatic heterocycles. The lowest BCUT2D eigenvalue weighted by Gasteiger charge is -2.18. The van der Waals surface area contributed by atoms with Crippen LogP contribution in [0.4, 0.5) is 0 Å². The average molecular weight is 385 g/mol. The molecule has 1 N–H and O–H groups in total. The predicted molar refractivity (Wildman–Crippen MR) is 105 cm³/mol. The van der Waals surface area contributed by atoms with Gasteiger partial charge in [0.15, 0.2) is 0 Å². The monoisotopic (exact) mass is 385 g/mol. The number of aromatic nitrogens is 2. The van der Waals surface area contributed by atoms with Gasteiger partial charge in [0.05, 0.1) is 21.8 Å². The van der Waals surface area contributed by atoms with Crippen LogP contribution in [-0.4, -0.2) is 31.0 Å². The second-order valence-corrected chi connectivity index (χ2v) is 8.41. The van der Waals surface area contributed by atoms with Crippen LogP contribution in [0, 0.1) is 20.8 Å². The maximum atomic E-state index is 12.8. The first-order chi connectivity index (χ1) is 12.8. The van der Waals surface area contributed by atoms with Crippen LogP contribution in [0.1, 0.15) is 23.6 Å². The number of hydrogen-bond acceptors (Lipinski definition) is 5. The molecule has 0 amide bonds. The topological polar surface area (TPSA) is 81.2 Å². The van der Waals surface area contributed by atoms with Crippen LogP contribution in [0.15, 0.2) is 47.6 Å². The fraction of sp³-hybridized carbons (Fsp3) is 0.300. The zero-order valence-electron chi connectivity index (χ0n) is 15.9. The van der Waals surface area contributed by atoms with Crippen LogP contribution in [0.3, 0.4) is 0 Å². The lowest BCUT2D eigenvalue weighted by Crippen LogP contribution is -2.37. The van der Waals surface area contributed by atoms with E-state index >= 15 is 0 Å². The Bertz CT molecular complexity index is 1050. The minimum absolute atomic E-state index is 0.157. The van der Waals surface area contributed by atoms with E-state index in [1.807, 2.05) is 57.2 Å². The molecule has 27 heavy (non-hydrogen) atoms. The largest absolute Gasteiger partial charge is 0.475 e. The summed E-state index contributed by atoms with van der Waals surface area (Å²) in [5.74, 6) is 0.439. The highest BCUT2D eigenvalue weighted by Crippen LogP contribution is 2.23. The minimum Gasteiger partial charge on any atom is -0.475 e. The number of aryl methyl sites for hydroxylation is 3. The first-order valence-electron chi connectivity index (χ1n) is 8.70. The summed E-state index contributed by atoms with van der Waals surface area (Å²) in [6.45, 7) is 7.49. The maximum absolute atomic E-state index is 12.8. The smallest absolute Gasteiger partial charge is 0.241 e. The Labute approximate surface area is 159 Å². The molecule has 6 nitrogen and oxygen atoms in total. The van der Waals surface area contributed by atoms with E-state index in [0.29, 0.717) is 10.8 Å². The van der Waals surface area contributed by atoms with E-state index in [9.17, 15) is 8.42 Å². The van der Waals surface area contributed by atoms with E-state index in [0.717, 1.165) is 27.6 Å². The molecule has 0 bridgehead atoms. The van der Waals surface area contributed by atoms with Gasteiger partial charge < -0.3 is 4.74 Å². The Morgan fingerprint density at radius 1 is 1.07 bits per heavy atom. The summed E-state index contributed by atoms with van der Waals surface area (Å²) < 4.78 is 34.1. The molecule has 0 saturated heterocycles. The third-order valence-electron chi connectivity index (χ3n) is 4.21. The number of nitrogens with one attached hydrogen (secondary N) is 1. The number of benzene rings is 2. The minimum atomic E-state index is -3.65. The van der Waals surface area contributed by atoms with Crippen LogP contribution in [-0.2, 0) is 10.0 Å². The van der Waals surface area contributed by atoms with E-state index in [-0.39, 0.29) is 6.61 Å². The third-order valence-corrected chi connectivity index (χ3v) is 6.10. The van der Waals surface area contributed by atoms with Gasteiger partial charge in [-0.05, 0) is 51.0 Å². The Hall–Kier alpha value is -2.51. The number of hydrogen-bond donors (Lipinski definition) is 1. The lowest BCUT2D eigenvalue weighted by molar-refractivity contribution is 0.280. The van der Waals surface area contributed by atoms with Gasteiger partial charge in [0.25, 0.3) is 0 Å². The molecule has 3 aromatic rings. The van der Waals surface area contributed by atoms with E-state index in [2.05, 4.69) is 14.7 Å². The van der Waals surface area contributed by atoms with E-state index in [1.54, 1.807) is 6.92 Å². The van der Waals surface area contributed by atoms with E-state index in [4.69, 9.17) is 4.74 Å². The van der Waals surface area contributed by atoms with Gasteiger partial charge in [-0.25, -0.2) is 23.1 Å². The summed E-state index contributed by atoms with van der Waals surface area (Å²) in [6, 6.07) is 10.8. The second kappa shape index (κ2) is 7.62. The molecule has 7 heteroatoms. The normalized spacial score (nSPS) is 12.9. The van der Waals surface area contributed by atoms with Crippen molar-refractivity contribution < 1.29 is 13.2 Å². The molecular weight excluding hydrogens is 362 g/mol. The number of sulfonamides is 1. The van der Waals surface area contributed by atoms with E-state index < -0.39 is 16.1 Å². The Kier molecular flexibility index (Phi) is 5.43. The Morgan fingerprint density at radius 3 is 2.44 bits per heavy atom. The van der Waals surface area contributed by atoms with Crippen molar-refractivity contribution >= 4 is 20.9 Å². The predicted octanol–water partition coefficient (Wildman–Crippen LogP) is 3.30. The first kappa shape index (κ1) is 19.3. The number of para-hydroxylation sites is 1. The quantitative estimate of drug-likeness (QED) is 0.704. The molecule has 0 spiro atoms. The van der Waals surface area contributed by atoms with Crippen LogP contribution in [0.2, 0.25) is 0 Å². The fourth-order valence-corrected chi connectivity index (χ4v) is 4.93. The summed E-state index contributed by atoms with van der Waals surface area (Å²) in [5.41, 5.74) is 3.28. The maximum Gasteiger partial charge on any atom is 0.241 e. The SMILES string of the molecule is Cc1cc(C)c(S(=O)(=O)N[C@@H](C)COc2ncnc3ccccc23)c(C)c1. The number of rotatable bonds is 6. The number of fused-ring (bicyclic) bond motifs is 1. The van der Waals surface area contributed by atoms with Crippen molar-refractivity contribution in [1.82, 2.24) is 14.7 Å². The molecule has 0 unspecified atom stereocenters. The molecule has 1 heterocycles. The molecule has 0 aliphatic heterocycles. The summed E-state index contributed by atoms with van der Waals surface area (Å²) >= 11 is 0. The average Bonchev–Trinajstić information content (AvgIpc) is 2.58. The standard InChI is InChI=1S/C20H23N3O3S/c1-13-9-14(2)19(15(3)10-13)27(24,25)23-16(4)11-26-20-17-7-5-6-8-18(17)21-12-22-20/h5-10,12,16,23H,11H2,1-4H3/t16-/m0/s1. The molecule has 1 atom stereocenters. The highest BCUT2D eigenvalue weighted by atomic mass is 32.2. The molecule has 0 aliphatic carbocycles. The highest BCUT2D eigenvalue weighted by Gasteiger charge is 2.22. The van der Waals surface area contributed by atoms with Crippen molar-refractivity contribution in [3.8, 4) is 5.88 Å². The van der Waals surface area contributed by atoms with Gasteiger partial charge >= 0.3 is 0 Å². The second-order valence-electron chi connectivity index (χ2n) is 6.76. The van der Waals surface area contributed by atoms with Gasteiger partial charge in [-0.2, -0.15) is 0 Å². The van der Waals surface area contributed by atoms with Crippen molar-refractivity contribution in [2.24, 2.45) is 0 Å². The molecule has 142 valence electrons.